The van der Waals surface area contributed by atoms with Gasteiger partial charge in [-0.15, -0.1) is 0 Å². The quantitative estimate of drug-likeness (QED) is 0.287. The van der Waals surface area contributed by atoms with E-state index < -0.39 is 16.5 Å². The van der Waals surface area contributed by atoms with Crippen LogP contribution in [0.5, 0.6) is 5.75 Å². The third-order valence-electron chi connectivity index (χ3n) is 7.31. The van der Waals surface area contributed by atoms with E-state index in [-0.39, 0.29) is 11.4 Å². The van der Waals surface area contributed by atoms with Crippen molar-refractivity contribution in [3.05, 3.63) is 70.3 Å². The number of fused-ring (bicyclic) bond motifs is 2. The van der Waals surface area contributed by atoms with Gasteiger partial charge in [-0.1, -0.05) is 54.8 Å². The number of ether oxygens (including phenoxy) is 2. The predicted octanol–water partition coefficient (Wildman–Crippen LogP) is 7.27. The molecule has 2 aromatic rings. The maximum absolute atomic E-state index is 13.2. The fourth-order valence-corrected chi connectivity index (χ4v) is 6.29. The zero-order valence-electron chi connectivity index (χ0n) is 22.4. The zero-order valence-corrected chi connectivity index (χ0v) is 23.9. The van der Waals surface area contributed by atoms with E-state index in [0.717, 1.165) is 61.5 Å². The Balaban J connectivity index is 1.78. The van der Waals surface area contributed by atoms with Crippen LogP contribution >= 0.6 is 11.6 Å². The molecular weight excluding hydrogens is 520 g/mol. The van der Waals surface area contributed by atoms with Gasteiger partial charge < -0.3 is 22.9 Å². The first-order chi connectivity index (χ1) is 18.5. The van der Waals surface area contributed by atoms with Gasteiger partial charge in [-0.3, -0.25) is 4.79 Å². The molecule has 2 atom stereocenters. The van der Waals surface area contributed by atoms with E-state index in [1.807, 2.05) is 25.1 Å². The Bertz CT molecular complexity index is 1220. The van der Waals surface area contributed by atoms with Crippen molar-refractivity contribution in [3.8, 4) is 5.75 Å². The summed E-state index contributed by atoms with van der Waals surface area (Å²) in [4.78, 5) is 15.4. The maximum Gasteiger partial charge on any atom is 0.254 e. The number of hydrogen-bond donors (Lipinski definition) is 0. The van der Waals surface area contributed by atoms with Crippen molar-refractivity contribution in [1.82, 2.24) is 0 Å². The molecule has 38 heavy (non-hydrogen) atoms. The lowest BCUT2D eigenvalue weighted by atomic mass is 10.0. The van der Waals surface area contributed by atoms with Crippen molar-refractivity contribution in [2.45, 2.75) is 76.2 Å². The molecule has 0 saturated heterocycles. The number of methoxy groups -OCH3 is 1. The summed E-state index contributed by atoms with van der Waals surface area (Å²) in [6.45, 7) is 4.00. The average molecular weight is 558 g/mol. The Kier molecular flexibility index (Phi) is 10.7. The Labute approximate surface area is 233 Å². The normalized spacial score (nSPS) is 22.9. The molecule has 2 aliphatic rings. The van der Waals surface area contributed by atoms with Crippen LogP contribution in [0.15, 0.2) is 52.9 Å². The molecule has 2 bridgehead atoms. The fraction of sp³-hybridized carbons (Fsp3) is 0.500. The molecule has 0 aliphatic carbocycles. The number of rotatable bonds is 2. The van der Waals surface area contributed by atoms with Crippen LogP contribution in [-0.4, -0.2) is 37.5 Å². The van der Waals surface area contributed by atoms with E-state index in [1.54, 1.807) is 13.2 Å². The molecule has 2 heterocycles. The van der Waals surface area contributed by atoms with Crippen molar-refractivity contribution in [1.29, 1.82) is 0 Å². The van der Waals surface area contributed by atoms with Gasteiger partial charge in [0.05, 0.1) is 18.4 Å². The SMILES string of the molecule is CC[C@@H]1CC/C=C/[C@H](OC)CCCN2Cc3ccc(Cl)cc3CCCCOc3ccc(cc32)C(=O)N=[S-]1=O. The number of hydrogen-bond acceptors (Lipinski definition) is 6. The number of carbonyl (C=O) groups is 1. The number of carbonyl (C=O) groups excluding carboxylic acids is 1. The monoisotopic (exact) mass is 557 g/mol. The molecule has 2 aliphatic heterocycles. The lowest BCUT2D eigenvalue weighted by Crippen LogP contribution is -2.26. The second kappa shape index (κ2) is 14.2. The van der Waals surface area contributed by atoms with Gasteiger partial charge in [0.2, 0.25) is 0 Å². The molecule has 0 unspecified atom stereocenters. The highest BCUT2D eigenvalue weighted by Gasteiger charge is 2.19. The van der Waals surface area contributed by atoms with E-state index in [2.05, 4.69) is 33.5 Å². The summed E-state index contributed by atoms with van der Waals surface area (Å²) in [5.74, 6) is 0.295. The van der Waals surface area contributed by atoms with E-state index >= 15 is 0 Å². The summed E-state index contributed by atoms with van der Waals surface area (Å²) in [6.07, 6.45) is 11.0. The minimum absolute atomic E-state index is 0.0110. The minimum Gasteiger partial charge on any atom is -0.491 e. The van der Waals surface area contributed by atoms with E-state index in [9.17, 15) is 9.00 Å². The number of amides is 1. The first-order valence-corrected chi connectivity index (χ1v) is 15.2. The lowest BCUT2D eigenvalue weighted by Gasteiger charge is -2.29. The van der Waals surface area contributed by atoms with Gasteiger partial charge in [-0.05, 0) is 80.0 Å². The van der Waals surface area contributed by atoms with Crippen molar-refractivity contribution in [2.24, 2.45) is 4.36 Å². The number of nitrogens with zero attached hydrogens (tertiary/aromatic N) is 2. The van der Waals surface area contributed by atoms with Crippen LogP contribution in [0.25, 0.3) is 0 Å². The van der Waals surface area contributed by atoms with E-state index in [0.29, 0.717) is 31.6 Å². The van der Waals surface area contributed by atoms with Crippen molar-refractivity contribution in [3.63, 3.8) is 0 Å². The van der Waals surface area contributed by atoms with Crippen molar-refractivity contribution < 1.29 is 18.5 Å². The summed E-state index contributed by atoms with van der Waals surface area (Å²) < 4.78 is 29.1. The molecule has 6 nitrogen and oxygen atoms in total. The first kappa shape index (κ1) is 28.7. The Morgan fingerprint density at radius 3 is 2.82 bits per heavy atom. The Morgan fingerprint density at radius 2 is 2.00 bits per heavy atom. The first-order valence-electron chi connectivity index (χ1n) is 13.6. The highest BCUT2D eigenvalue weighted by atomic mass is 35.5. The predicted molar refractivity (Wildman–Crippen MR) is 155 cm³/mol. The highest BCUT2D eigenvalue weighted by molar-refractivity contribution is 7.75. The van der Waals surface area contributed by atoms with Crippen LogP contribution in [0.1, 0.15) is 73.4 Å². The number of halogens is 1. The maximum atomic E-state index is 13.2. The molecule has 4 rings (SSSR count). The van der Waals surface area contributed by atoms with Crippen molar-refractivity contribution >= 4 is 33.8 Å². The fourth-order valence-electron chi connectivity index (χ4n) is 5.05. The van der Waals surface area contributed by atoms with Crippen LogP contribution in [-0.2, 0) is 32.5 Å². The second-order valence-electron chi connectivity index (χ2n) is 9.95. The highest BCUT2D eigenvalue weighted by Crippen LogP contribution is 2.34. The minimum atomic E-state index is -1.60. The van der Waals surface area contributed by atoms with Gasteiger partial charge in [0, 0.05) is 30.8 Å². The number of anilines is 1. The standard InChI is InChI=1S/C30H38ClN2O4S/c1-3-27-12-5-4-10-26(36-2)11-8-17-33-21-24-13-15-25(31)19-22(24)9-6-7-18-37-29-16-14-23(20-28(29)33)30(34)32-38(27)35/h4,10,13-16,19-20,26-27H,3,5-9,11-12,17-18,21H2,1-2H3/q-1/b10-4+/t26-,27+/m0/s1. The molecule has 0 N–H and O–H groups in total. The van der Waals surface area contributed by atoms with Crippen LogP contribution < -0.4 is 9.64 Å². The van der Waals surface area contributed by atoms with E-state index in [4.69, 9.17) is 21.1 Å². The van der Waals surface area contributed by atoms with Gasteiger partial charge in [0.15, 0.2) is 0 Å². The Morgan fingerprint density at radius 1 is 1.13 bits per heavy atom. The van der Waals surface area contributed by atoms with Gasteiger partial charge >= 0.3 is 0 Å². The van der Waals surface area contributed by atoms with Gasteiger partial charge in [-0.25, -0.2) is 0 Å². The molecular formula is C30H38ClN2O4S-. The van der Waals surface area contributed by atoms with Crippen LogP contribution in [0.2, 0.25) is 5.02 Å². The third-order valence-corrected chi connectivity index (χ3v) is 9.03. The lowest BCUT2D eigenvalue weighted by molar-refractivity contribution is 0.100. The molecule has 0 saturated carbocycles. The van der Waals surface area contributed by atoms with Gasteiger partial charge in [0.1, 0.15) is 5.75 Å². The largest absolute Gasteiger partial charge is 0.491 e. The molecule has 0 aromatic heterocycles. The Hall–Kier alpha value is -2.35. The molecule has 206 valence electrons. The molecule has 8 heteroatoms. The average Bonchev–Trinajstić information content (AvgIpc) is 2.94. The van der Waals surface area contributed by atoms with Gasteiger partial charge in [0.25, 0.3) is 5.91 Å². The molecule has 0 fully saturated rings. The number of aryl methyl sites for hydroxylation is 1. The third kappa shape index (κ3) is 7.61. The van der Waals surface area contributed by atoms with Crippen LogP contribution in [0.4, 0.5) is 5.69 Å². The number of benzene rings is 2. The molecule has 0 spiro atoms. The van der Waals surface area contributed by atoms with E-state index in [1.165, 1.54) is 11.1 Å². The molecule has 0 radical (unpaired) electrons. The topological polar surface area (TPSA) is 68.2 Å². The molecule has 1 amide bonds. The molecule has 2 aromatic carbocycles. The van der Waals surface area contributed by atoms with Gasteiger partial charge in [-0.2, -0.15) is 10.6 Å². The summed E-state index contributed by atoms with van der Waals surface area (Å²) >= 11 is 6.36. The summed E-state index contributed by atoms with van der Waals surface area (Å²) in [6, 6.07) is 11.6. The second-order valence-corrected chi connectivity index (χ2v) is 11.8. The smallest absolute Gasteiger partial charge is 0.254 e. The summed E-state index contributed by atoms with van der Waals surface area (Å²) in [5.41, 5.74) is 3.74. The zero-order chi connectivity index (χ0) is 26.9. The summed E-state index contributed by atoms with van der Waals surface area (Å²) in [5, 5.41) is 0.576. The van der Waals surface area contributed by atoms with Crippen LogP contribution in [0.3, 0.4) is 0 Å². The van der Waals surface area contributed by atoms with Crippen molar-refractivity contribution in [2.75, 3.05) is 25.2 Å². The number of allylic oxidation sites excluding steroid dienone is 1. The van der Waals surface area contributed by atoms with Crippen LogP contribution in [0, 0.1) is 0 Å². The summed E-state index contributed by atoms with van der Waals surface area (Å²) in [7, 11) is 0.145.